The van der Waals surface area contributed by atoms with Gasteiger partial charge in [0.25, 0.3) is 5.56 Å². The van der Waals surface area contributed by atoms with Gasteiger partial charge in [-0.15, -0.1) is 0 Å². The summed E-state index contributed by atoms with van der Waals surface area (Å²) >= 11 is 6.92. The zero-order valence-electron chi connectivity index (χ0n) is 16.2. The zero-order valence-corrected chi connectivity index (χ0v) is 19.4. The Balaban J connectivity index is 2.06. The lowest BCUT2D eigenvalue weighted by atomic mass is 10.1. The van der Waals surface area contributed by atoms with Gasteiger partial charge in [0.2, 0.25) is 0 Å². The second-order valence-corrected chi connectivity index (χ2v) is 8.36. The number of aromatic nitrogens is 2. The summed E-state index contributed by atoms with van der Waals surface area (Å²) in [5.41, 5.74) is 1.32. The molecule has 0 aliphatic rings. The van der Waals surface area contributed by atoms with Crippen molar-refractivity contribution >= 4 is 49.0 Å². The van der Waals surface area contributed by atoms with Gasteiger partial charge < -0.3 is 4.74 Å². The lowest BCUT2D eigenvalue weighted by Crippen LogP contribution is -2.23. The minimum atomic E-state index is -0.187. The molecule has 7 heteroatoms. The minimum absolute atomic E-state index is 0.0920. The van der Waals surface area contributed by atoms with Crippen LogP contribution >= 0.6 is 31.9 Å². The largest absolute Gasteiger partial charge is 0.488 e. The number of halogens is 2. The Bertz CT molecular complexity index is 1140. The van der Waals surface area contributed by atoms with Crippen molar-refractivity contribution in [1.82, 2.24) is 9.66 Å². The molecule has 3 aromatic rings. The Morgan fingerprint density at radius 2 is 2.07 bits per heavy atom. The van der Waals surface area contributed by atoms with Crippen molar-refractivity contribution in [2.45, 2.75) is 26.2 Å². The van der Waals surface area contributed by atoms with Crippen LogP contribution in [-0.4, -0.2) is 22.5 Å². The van der Waals surface area contributed by atoms with E-state index in [4.69, 9.17) is 9.72 Å². The van der Waals surface area contributed by atoms with Crippen LogP contribution in [0.4, 0.5) is 0 Å². The molecule has 0 unspecified atom stereocenters. The first-order valence-electron chi connectivity index (χ1n) is 9.24. The third-order valence-electron chi connectivity index (χ3n) is 4.52. The van der Waals surface area contributed by atoms with E-state index in [0.29, 0.717) is 23.3 Å². The average Bonchev–Trinajstić information content (AvgIpc) is 2.72. The third-order valence-corrected chi connectivity index (χ3v) is 5.63. The topological polar surface area (TPSA) is 56.5 Å². The highest BCUT2D eigenvalue weighted by Crippen LogP contribution is 2.26. The molecule has 0 aliphatic heterocycles. The van der Waals surface area contributed by atoms with Crippen LogP contribution in [0.15, 0.2) is 67.9 Å². The number of hydrogen-bond acceptors (Lipinski definition) is 4. The van der Waals surface area contributed by atoms with Crippen molar-refractivity contribution in [2.75, 3.05) is 6.61 Å². The van der Waals surface area contributed by atoms with Gasteiger partial charge in [0.1, 0.15) is 18.2 Å². The highest BCUT2D eigenvalue weighted by Gasteiger charge is 2.15. The molecule has 1 heterocycles. The molecular formula is C22H21Br2N3O2. The van der Waals surface area contributed by atoms with Crippen LogP contribution in [0.2, 0.25) is 0 Å². The first-order valence-corrected chi connectivity index (χ1v) is 10.8. The number of ether oxygens (including phenoxy) is 1. The van der Waals surface area contributed by atoms with Crippen LogP contribution in [0.1, 0.15) is 37.6 Å². The molecule has 0 bridgehead atoms. The van der Waals surface area contributed by atoms with E-state index < -0.39 is 0 Å². The Hall–Kier alpha value is -2.25. The molecule has 0 spiro atoms. The first kappa shape index (κ1) is 21.5. The normalized spacial score (nSPS) is 12.4. The van der Waals surface area contributed by atoms with E-state index in [0.717, 1.165) is 26.7 Å². The summed E-state index contributed by atoms with van der Waals surface area (Å²) in [6.45, 7) is 8.18. The number of fused-ring (bicyclic) bond motifs is 1. The molecule has 0 saturated carbocycles. The van der Waals surface area contributed by atoms with Gasteiger partial charge in [0.05, 0.1) is 21.6 Å². The number of rotatable bonds is 7. The van der Waals surface area contributed by atoms with Crippen LogP contribution in [-0.2, 0) is 0 Å². The summed E-state index contributed by atoms with van der Waals surface area (Å²) < 4.78 is 8.60. The van der Waals surface area contributed by atoms with Crippen LogP contribution in [0.3, 0.4) is 0 Å². The number of nitrogens with zero attached hydrogens (tertiary/aromatic N) is 3. The van der Waals surface area contributed by atoms with Crippen molar-refractivity contribution in [3.8, 4) is 5.75 Å². The molecule has 0 fully saturated rings. The summed E-state index contributed by atoms with van der Waals surface area (Å²) in [6.07, 6.45) is 4.20. The maximum Gasteiger partial charge on any atom is 0.282 e. The number of hydrogen-bond donors (Lipinski definition) is 0. The quantitative estimate of drug-likeness (QED) is 0.290. The van der Waals surface area contributed by atoms with Crippen LogP contribution in [0, 0.1) is 0 Å². The molecule has 0 amide bonds. The lowest BCUT2D eigenvalue weighted by molar-refractivity contribution is 0.361. The Morgan fingerprint density at radius 3 is 2.76 bits per heavy atom. The van der Waals surface area contributed by atoms with E-state index in [1.54, 1.807) is 18.4 Å². The fourth-order valence-electron chi connectivity index (χ4n) is 2.77. The predicted molar refractivity (Wildman–Crippen MR) is 125 cm³/mol. The van der Waals surface area contributed by atoms with Gasteiger partial charge in [-0.05, 0) is 64.3 Å². The smallest absolute Gasteiger partial charge is 0.282 e. The van der Waals surface area contributed by atoms with Gasteiger partial charge in [-0.1, -0.05) is 42.4 Å². The third kappa shape index (κ3) is 4.85. The maximum atomic E-state index is 13.1. The van der Waals surface area contributed by atoms with Crippen molar-refractivity contribution < 1.29 is 4.74 Å². The van der Waals surface area contributed by atoms with Crippen molar-refractivity contribution in [3.05, 3.63) is 79.7 Å². The van der Waals surface area contributed by atoms with E-state index in [9.17, 15) is 4.79 Å². The Morgan fingerprint density at radius 1 is 1.28 bits per heavy atom. The standard InChI is InChI=1S/C22H21Br2N3O2/c1-4-10-29-20-9-6-15(11-18(20)24)13-25-27-21(14(3)5-2)26-19-8-7-16(23)12-17(19)22(27)28/h4,6-9,11-14H,1,5,10H2,2-3H3/t14-/m1/s1. The first-order chi connectivity index (χ1) is 13.9. The highest BCUT2D eigenvalue weighted by atomic mass is 79.9. The Kier molecular flexibility index (Phi) is 7.03. The van der Waals surface area contributed by atoms with Gasteiger partial charge in [-0.25, -0.2) is 4.98 Å². The molecule has 0 aliphatic carbocycles. The van der Waals surface area contributed by atoms with Crippen molar-refractivity contribution in [1.29, 1.82) is 0 Å². The predicted octanol–water partition coefficient (Wildman–Crippen LogP) is 5.88. The SMILES string of the molecule is C=CCOc1ccc(C=Nn2c([C@H](C)CC)nc3ccc(Br)cc3c2=O)cc1Br. The number of benzene rings is 2. The van der Waals surface area contributed by atoms with Gasteiger partial charge in [0.15, 0.2) is 0 Å². The molecule has 0 N–H and O–H groups in total. The van der Waals surface area contributed by atoms with Crippen LogP contribution in [0.5, 0.6) is 5.75 Å². The fraction of sp³-hybridized carbons (Fsp3) is 0.227. The monoisotopic (exact) mass is 517 g/mol. The zero-order chi connectivity index (χ0) is 21.0. The Labute approximate surface area is 186 Å². The average molecular weight is 519 g/mol. The second-order valence-electron chi connectivity index (χ2n) is 6.59. The van der Waals surface area contributed by atoms with E-state index in [1.165, 1.54) is 4.68 Å². The molecule has 3 rings (SSSR count). The van der Waals surface area contributed by atoms with Crippen LogP contribution < -0.4 is 10.3 Å². The summed E-state index contributed by atoms with van der Waals surface area (Å²) in [4.78, 5) is 17.8. The van der Waals surface area contributed by atoms with Crippen LogP contribution in [0.25, 0.3) is 10.9 Å². The second kappa shape index (κ2) is 9.50. The molecule has 5 nitrogen and oxygen atoms in total. The van der Waals surface area contributed by atoms with E-state index in [2.05, 4.69) is 50.5 Å². The minimum Gasteiger partial charge on any atom is -0.488 e. The summed E-state index contributed by atoms with van der Waals surface area (Å²) in [7, 11) is 0. The van der Waals surface area contributed by atoms with Gasteiger partial charge in [-0.3, -0.25) is 4.79 Å². The van der Waals surface area contributed by atoms with E-state index in [1.807, 2.05) is 37.3 Å². The maximum absolute atomic E-state index is 13.1. The molecule has 29 heavy (non-hydrogen) atoms. The summed E-state index contributed by atoms with van der Waals surface area (Å²) in [5.74, 6) is 1.46. The summed E-state index contributed by atoms with van der Waals surface area (Å²) in [6, 6.07) is 11.1. The highest BCUT2D eigenvalue weighted by molar-refractivity contribution is 9.10. The molecule has 1 atom stereocenters. The lowest BCUT2D eigenvalue weighted by Gasteiger charge is -2.14. The molecule has 0 radical (unpaired) electrons. The molecule has 1 aromatic heterocycles. The summed E-state index contributed by atoms with van der Waals surface area (Å²) in [5, 5.41) is 5.01. The van der Waals surface area contributed by atoms with Gasteiger partial charge in [-0.2, -0.15) is 9.78 Å². The fourth-order valence-corrected chi connectivity index (χ4v) is 3.64. The van der Waals surface area contributed by atoms with E-state index in [-0.39, 0.29) is 11.5 Å². The molecule has 2 aromatic carbocycles. The van der Waals surface area contributed by atoms with Crippen molar-refractivity contribution in [3.63, 3.8) is 0 Å². The molecular weight excluding hydrogens is 498 g/mol. The molecule has 150 valence electrons. The molecule has 0 saturated heterocycles. The van der Waals surface area contributed by atoms with E-state index >= 15 is 0 Å². The van der Waals surface area contributed by atoms with Gasteiger partial charge >= 0.3 is 0 Å². The van der Waals surface area contributed by atoms with Crippen molar-refractivity contribution in [2.24, 2.45) is 5.10 Å². The van der Waals surface area contributed by atoms with Gasteiger partial charge in [0, 0.05) is 10.4 Å².